The molecular formula is C21H42O2. The minimum absolute atomic E-state index is 0.0161. The lowest BCUT2D eigenvalue weighted by Crippen LogP contribution is -2.06. The number of carbonyl (C=O) groups excluding carboxylic acids is 1. The smallest absolute Gasteiger partial charge is 0.305 e. The van der Waals surface area contributed by atoms with Crippen LogP contribution in [-0.4, -0.2) is 12.6 Å². The van der Waals surface area contributed by atoms with Crippen molar-refractivity contribution in [3.63, 3.8) is 0 Å². The van der Waals surface area contributed by atoms with Crippen LogP contribution in [0.3, 0.4) is 0 Å². The molecule has 0 aromatic rings. The van der Waals surface area contributed by atoms with Crippen LogP contribution in [-0.2, 0) is 9.53 Å². The third kappa shape index (κ3) is 19.4. The lowest BCUT2D eigenvalue weighted by Gasteiger charge is -2.06. The van der Waals surface area contributed by atoms with Crippen molar-refractivity contribution >= 4 is 5.97 Å². The molecule has 0 atom stereocenters. The molecule has 0 bridgehead atoms. The van der Waals surface area contributed by atoms with Crippen molar-refractivity contribution in [3.8, 4) is 0 Å². The van der Waals surface area contributed by atoms with Gasteiger partial charge in [-0.2, -0.15) is 0 Å². The summed E-state index contributed by atoms with van der Waals surface area (Å²) in [6, 6.07) is 0. The number of ether oxygens (including phenoxy) is 1. The maximum absolute atomic E-state index is 11.4. The molecule has 2 nitrogen and oxygen atoms in total. The average molecular weight is 327 g/mol. The van der Waals surface area contributed by atoms with Crippen LogP contribution in [0.5, 0.6) is 0 Å². The first-order valence-electron chi connectivity index (χ1n) is 10.3. The maximum Gasteiger partial charge on any atom is 0.305 e. The lowest BCUT2D eigenvalue weighted by molar-refractivity contribution is -0.144. The van der Waals surface area contributed by atoms with Gasteiger partial charge in [-0.1, -0.05) is 97.8 Å². The van der Waals surface area contributed by atoms with Crippen LogP contribution >= 0.6 is 0 Å². The van der Waals surface area contributed by atoms with E-state index >= 15 is 0 Å². The Bertz CT molecular complexity index is 248. The van der Waals surface area contributed by atoms with Gasteiger partial charge in [0.2, 0.25) is 0 Å². The van der Waals surface area contributed by atoms with E-state index in [4.69, 9.17) is 4.74 Å². The maximum atomic E-state index is 11.4. The molecule has 0 aliphatic heterocycles. The predicted molar refractivity (Wildman–Crippen MR) is 101 cm³/mol. The number of unbranched alkanes of at least 4 members (excludes halogenated alkanes) is 12. The van der Waals surface area contributed by atoms with Crippen molar-refractivity contribution < 1.29 is 9.53 Å². The molecule has 0 heterocycles. The van der Waals surface area contributed by atoms with Gasteiger partial charge in [-0.25, -0.2) is 0 Å². The molecule has 0 amide bonds. The highest BCUT2D eigenvalue weighted by Gasteiger charge is 2.04. The van der Waals surface area contributed by atoms with Crippen LogP contribution in [0.25, 0.3) is 0 Å². The Morgan fingerprint density at radius 1 is 0.739 bits per heavy atom. The first-order chi connectivity index (χ1) is 11.2. The van der Waals surface area contributed by atoms with Crippen LogP contribution in [0, 0.1) is 5.92 Å². The van der Waals surface area contributed by atoms with Crippen molar-refractivity contribution in [2.75, 3.05) is 6.61 Å². The quantitative estimate of drug-likeness (QED) is 0.211. The molecule has 0 aliphatic carbocycles. The molecule has 0 rings (SSSR count). The van der Waals surface area contributed by atoms with E-state index in [9.17, 15) is 4.79 Å². The van der Waals surface area contributed by atoms with E-state index in [0.717, 1.165) is 12.8 Å². The third-order valence-corrected chi connectivity index (χ3v) is 4.44. The van der Waals surface area contributed by atoms with Crippen molar-refractivity contribution in [1.29, 1.82) is 0 Å². The summed E-state index contributed by atoms with van der Waals surface area (Å²) in [5.41, 5.74) is 0. The zero-order valence-electron chi connectivity index (χ0n) is 16.2. The van der Waals surface area contributed by atoms with E-state index in [0.29, 0.717) is 18.9 Å². The van der Waals surface area contributed by atoms with Gasteiger partial charge in [0.15, 0.2) is 0 Å². The standard InChI is InChI=1S/C21H42O2/c1-4-5-6-7-8-9-10-11-12-13-14-15-16-19-23-21(22)18-17-20(2)3/h20H,4-19H2,1-3H3. The molecular weight excluding hydrogens is 284 g/mol. The lowest BCUT2D eigenvalue weighted by atomic mass is 10.0. The van der Waals surface area contributed by atoms with E-state index in [1.54, 1.807) is 0 Å². The van der Waals surface area contributed by atoms with Crippen molar-refractivity contribution in [1.82, 2.24) is 0 Å². The highest BCUT2D eigenvalue weighted by molar-refractivity contribution is 5.69. The molecule has 138 valence electrons. The van der Waals surface area contributed by atoms with Crippen molar-refractivity contribution in [2.45, 2.75) is 117 Å². The van der Waals surface area contributed by atoms with Crippen LogP contribution in [0.15, 0.2) is 0 Å². The van der Waals surface area contributed by atoms with Gasteiger partial charge in [0.25, 0.3) is 0 Å². The summed E-state index contributed by atoms with van der Waals surface area (Å²) in [5, 5.41) is 0. The fraction of sp³-hybridized carbons (Fsp3) is 0.952. The summed E-state index contributed by atoms with van der Waals surface area (Å²) in [6.07, 6.45) is 19.1. The minimum atomic E-state index is -0.0161. The Kier molecular flexibility index (Phi) is 17.4. The topological polar surface area (TPSA) is 26.3 Å². The Labute approximate surface area is 145 Å². The fourth-order valence-corrected chi connectivity index (χ4v) is 2.78. The molecule has 0 saturated heterocycles. The van der Waals surface area contributed by atoms with E-state index in [-0.39, 0.29) is 5.97 Å². The monoisotopic (exact) mass is 326 g/mol. The predicted octanol–water partition coefficient (Wildman–Crippen LogP) is 7.06. The van der Waals surface area contributed by atoms with Crippen molar-refractivity contribution in [3.05, 3.63) is 0 Å². The first-order valence-corrected chi connectivity index (χ1v) is 10.3. The van der Waals surface area contributed by atoms with E-state index < -0.39 is 0 Å². The SMILES string of the molecule is CCCCCCCCCCCCCCCOC(=O)CCC(C)C. The normalized spacial score (nSPS) is 11.1. The molecule has 0 aliphatic rings. The zero-order valence-corrected chi connectivity index (χ0v) is 16.2. The van der Waals surface area contributed by atoms with Gasteiger partial charge in [0.1, 0.15) is 0 Å². The number of hydrogen-bond acceptors (Lipinski definition) is 2. The van der Waals surface area contributed by atoms with Gasteiger partial charge >= 0.3 is 5.97 Å². The molecule has 2 heteroatoms. The third-order valence-electron chi connectivity index (χ3n) is 4.44. The minimum Gasteiger partial charge on any atom is -0.466 e. The van der Waals surface area contributed by atoms with E-state index in [1.807, 2.05) is 0 Å². The van der Waals surface area contributed by atoms with E-state index in [1.165, 1.54) is 77.0 Å². The Balaban J connectivity index is 3.09. The second kappa shape index (κ2) is 17.8. The fourth-order valence-electron chi connectivity index (χ4n) is 2.78. The first kappa shape index (κ1) is 22.5. The Morgan fingerprint density at radius 2 is 1.17 bits per heavy atom. The van der Waals surface area contributed by atoms with Gasteiger partial charge in [0, 0.05) is 6.42 Å². The summed E-state index contributed by atoms with van der Waals surface area (Å²) in [5.74, 6) is 0.566. The molecule has 0 aromatic carbocycles. The van der Waals surface area contributed by atoms with Gasteiger partial charge in [-0.3, -0.25) is 4.79 Å². The van der Waals surface area contributed by atoms with Gasteiger partial charge in [-0.05, 0) is 18.8 Å². The highest BCUT2D eigenvalue weighted by atomic mass is 16.5. The molecule has 0 aromatic heterocycles. The van der Waals surface area contributed by atoms with Crippen LogP contribution in [0.2, 0.25) is 0 Å². The van der Waals surface area contributed by atoms with Crippen LogP contribution in [0.4, 0.5) is 0 Å². The number of esters is 1. The summed E-state index contributed by atoms with van der Waals surface area (Å²) in [4.78, 5) is 11.4. The highest BCUT2D eigenvalue weighted by Crippen LogP contribution is 2.12. The number of rotatable bonds is 17. The summed E-state index contributed by atoms with van der Waals surface area (Å²) >= 11 is 0. The zero-order chi connectivity index (χ0) is 17.2. The largest absolute Gasteiger partial charge is 0.466 e. The summed E-state index contributed by atoms with van der Waals surface area (Å²) in [7, 11) is 0. The average Bonchev–Trinajstić information content (AvgIpc) is 2.53. The number of hydrogen-bond donors (Lipinski definition) is 0. The molecule has 0 radical (unpaired) electrons. The molecule has 0 unspecified atom stereocenters. The molecule has 23 heavy (non-hydrogen) atoms. The van der Waals surface area contributed by atoms with Gasteiger partial charge < -0.3 is 4.74 Å². The molecule has 0 N–H and O–H groups in total. The second-order valence-electron chi connectivity index (χ2n) is 7.40. The summed E-state index contributed by atoms with van der Waals surface area (Å²) in [6.45, 7) is 7.17. The molecule has 0 fully saturated rings. The Hall–Kier alpha value is -0.530. The van der Waals surface area contributed by atoms with Crippen molar-refractivity contribution in [2.24, 2.45) is 5.92 Å². The second-order valence-corrected chi connectivity index (χ2v) is 7.40. The van der Waals surface area contributed by atoms with Gasteiger partial charge in [0.05, 0.1) is 6.61 Å². The van der Waals surface area contributed by atoms with Crippen LogP contribution in [0.1, 0.15) is 117 Å². The summed E-state index contributed by atoms with van der Waals surface area (Å²) < 4.78 is 5.25. The Morgan fingerprint density at radius 3 is 1.61 bits per heavy atom. The number of carbonyl (C=O) groups is 1. The van der Waals surface area contributed by atoms with Crippen LogP contribution < -0.4 is 0 Å². The van der Waals surface area contributed by atoms with Gasteiger partial charge in [-0.15, -0.1) is 0 Å². The molecule has 0 spiro atoms. The molecule has 0 saturated carbocycles. The van der Waals surface area contributed by atoms with E-state index in [2.05, 4.69) is 20.8 Å².